The lowest BCUT2D eigenvalue weighted by molar-refractivity contribution is -0.201. The maximum Gasteiger partial charge on any atom is 0.403 e. The zero-order valence-corrected chi connectivity index (χ0v) is 15.1. The minimum absolute atomic E-state index is 0.152. The van der Waals surface area contributed by atoms with E-state index in [2.05, 4.69) is 0 Å². The van der Waals surface area contributed by atoms with Crippen molar-refractivity contribution in [2.24, 2.45) is 5.41 Å². The standard InChI is InChI=1S/C19H20F4N2O3/c20-13-1-3-14(4-2-13)25-12-17(28-11-15(25)26)7-9-24(10-8-17)16(27)18(5-6-18)19(21,22)23/h1-4H,5-12H2. The predicted molar refractivity (Wildman–Crippen MR) is 91.0 cm³/mol. The van der Waals surface area contributed by atoms with E-state index in [1.54, 1.807) is 0 Å². The van der Waals surface area contributed by atoms with Crippen LogP contribution >= 0.6 is 0 Å². The topological polar surface area (TPSA) is 49.9 Å². The second-order valence-electron chi connectivity index (χ2n) is 7.80. The third-order valence-corrected chi connectivity index (χ3v) is 6.05. The lowest BCUT2D eigenvalue weighted by atomic mass is 9.88. The first-order valence-electron chi connectivity index (χ1n) is 9.22. The summed E-state index contributed by atoms with van der Waals surface area (Å²) in [5.74, 6) is -1.52. The molecule has 2 saturated heterocycles. The van der Waals surface area contributed by atoms with Crippen molar-refractivity contribution in [1.29, 1.82) is 0 Å². The summed E-state index contributed by atoms with van der Waals surface area (Å²) in [6.07, 6.45) is -4.14. The van der Waals surface area contributed by atoms with E-state index >= 15 is 0 Å². The summed E-state index contributed by atoms with van der Waals surface area (Å²) in [7, 11) is 0. The summed E-state index contributed by atoms with van der Waals surface area (Å²) in [6, 6.07) is 5.53. The molecular formula is C19H20F4N2O3. The van der Waals surface area contributed by atoms with Gasteiger partial charge >= 0.3 is 6.18 Å². The van der Waals surface area contributed by atoms with E-state index in [-0.39, 0.29) is 45.0 Å². The monoisotopic (exact) mass is 400 g/mol. The normalized spacial score (nSPS) is 23.8. The van der Waals surface area contributed by atoms with Gasteiger partial charge in [0.05, 0.1) is 12.1 Å². The van der Waals surface area contributed by atoms with Gasteiger partial charge in [0.2, 0.25) is 5.91 Å². The summed E-state index contributed by atoms with van der Waals surface area (Å²) in [6.45, 7) is 0.381. The molecule has 152 valence electrons. The Labute approximate surface area is 159 Å². The van der Waals surface area contributed by atoms with Gasteiger partial charge in [-0.15, -0.1) is 0 Å². The van der Waals surface area contributed by atoms with Crippen molar-refractivity contribution in [2.45, 2.75) is 37.5 Å². The molecule has 0 bridgehead atoms. The first-order chi connectivity index (χ1) is 13.2. The molecule has 1 spiro atoms. The van der Waals surface area contributed by atoms with E-state index in [1.165, 1.54) is 34.1 Å². The van der Waals surface area contributed by atoms with Crippen LogP contribution in [0.1, 0.15) is 25.7 Å². The maximum absolute atomic E-state index is 13.2. The quantitative estimate of drug-likeness (QED) is 0.718. The van der Waals surface area contributed by atoms with E-state index in [0.29, 0.717) is 18.5 Å². The van der Waals surface area contributed by atoms with Crippen LogP contribution in [0, 0.1) is 11.2 Å². The first kappa shape index (κ1) is 19.2. The number of alkyl halides is 3. The highest BCUT2D eigenvalue weighted by Crippen LogP contribution is 2.58. The second kappa shape index (κ2) is 6.43. The fourth-order valence-electron chi connectivity index (χ4n) is 4.04. The molecule has 1 aromatic carbocycles. The SMILES string of the molecule is O=C1COC2(CCN(C(=O)C3(C(F)(F)F)CC3)CC2)CN1c1ccc(F)cc1. The summed E-state index contributed by atoms with van der Waals surface area (Å²) in [5.41, 5.74) is -2.38. The Bertz CT molecular complexity index is 781. The lowest BCUT2D eigenvalue weighted by Gasteiger charge is -2.47. The summed E-state index contributed by atoms with van der Waals surface area (Å²) >= 11 is 0. The van der Waals surface area contributed by atoms with E-state index in [0.717, 1.165) is 0 Å². The van der Waals surface area contributed by atoms with Gasteiger partial charge < -0.3 is 14.5 Å². The van der Waals surface area contributed by atoms with Crippen molar-refractivity contribution < 1.29 is 31.9 Å². The Morgan fingerprint density at radius 2 is 1.64 bits per heavy atom. The van der Waals surface area contributed by atoms with Crippen LogP contribution in [0.25, 0.3) is 0 Å². The molecule has 0 unspecified atom stereocenters. The highest BCUT2D eigenvalue weighted by Gasteiger charge is 2.69. The molecule has 1 aromatic rings. The van der Waals surface area contributed by atoms with Crippen LogP contribution in [0.4, 0.5) is 23.2 Å². The van der Waals surface area contributed by atoms with Gasteiger partial charge in [0.25, 0.3) is 5.91 Å². The first-order valence-corrected chi connectivity index (χ1v) is 9.22. The van der Waals surface area contributed by atoms with Crippen molar-refractivity contribution in [3.63, 3.8) is 0 Å². The van der Waals surface area contributed by atoms with Gasteiger partial charge in [-0.1, -0.05) is 0 Å². The average molecular weight is 400 g/mol. The van der Waals surface area contributed by atoms with Crippen LogP contribution in [0.5, 0.6) is 0 Å². The molecule has 28 heavy (non-hydrogen) atoms. The van der Waals surface area contributed by atoms with Crippen LogP contribution in [0.15, 0.2) is 24.3 Å². The molecule has 1 saturated carbocycles. The molecule has 2 heterocycles. The molecular weight excluding hydrogens is 380 g/mol. The van der Waals surface area contributed by atoms with Gasteiger partial charge in [0, 0.05) is 18.8 Å². The number of rotatable bonds is 2. The molecule has 9 heteroatoms. The van der Waals surface area contributed by atoms with Crippen molar-refractivity contribution in [2.75, 3.05) is 31.1 Å². The number of nitrogens with zero attached hydrogens (tertiary/aromatic N) is 2. The summed E-state index contributed by atoms with van der Waals surface area (Å²) < 4.78 is 58.6. The van der Waals surface area contributed by atoms with Gasteiger partial charge in [-0.05, 0) is 49.9 Å². The number of anilines is 1. The Kier molecular flexibility index (Phi) is 4.41. The van der Waals surface area contributed by atoms with E-state index < -0.39 is 28.9 Å². The van der Waals surface area contributed by atoms with Crippen LogP contribution in [-0.4, -0.2) is 54.7 Å². The molecule has 3 aliphatic rings. The van der Waals surface area contributed by atoms with E-state index in [9.17, 15) is 27.2 Å². The second-order valence-corrected chi connectivity index (χ2v) is 7.80. The fraction of sp³-hybridized carbons (Fsp3) is 0.579. The number of ether oxygens (including phenoxy) is 1. The van der Waals surface area contributed by atoms with Crippen LogP contribution < -0.4 is 4.90 Å². The Morgan fingerprint density at radius 1 is 1.04 bits per heavy atom. The minimum Gasteiger partial charge on any atom is -0.363 e. The molecule has 0 N–H and O–H groups in total. The Morgan fingerprint density at radius 3 is 2.18 bits per heavy atom. The number of carbonyl (C=O) groups is 2. The third kappa shape index (κ3) is 3.15. The number of hydrogen-bond donors (Lipinski definition) is 0. The molecule has 3 fully saturated rings. The van der Waals surface area contributed by atoms with Crippen molar-refractivity contribution in [3.05, 3.63) is 30.1 Å². The van der Waals surface area contributed by atoms with Crippen molar-refractivity contribution in [1.82, 2.24) is 4.90 Å². The zero-order chi connectivity index (χ0) is 20.2. The molecule has 4 rings (SSSR count). The van der Waals surface area contributed by atoms with Crippen molar-refractivity contribution >= 4 is 17.5 Å². The minimum atomic E-state index is -4.52. The van der Waals surface area contributed by atoms with Gasteiger partial charge in [-0.2, -0.15) is 13.2 Å². The molecule has 0 atom stereocenters. The Hall–Kier alpha value is -2.16. The molecule has 5 nitrogen and oxygen atoms in total. The zero-order valence-electron chi connectivity index (χ0n) is 15.1. The lowest BCUT2D eigenvalue weighted by Crippen LogP contribution is -2.60. The van der Waals surface area contributed by atoms with Gasteiger partial charge in [0.15, 0.2) is 0 Å². The number of benzene rings is 1. The molecule has 0 radical (unpaired) electrons. The van der Waals surface area contributed by atoms with Gasteiger partial charge in [-0.3, -0.25) is 9.59 Å². The number of halogens is 4. The number of morpholine rings is 1. The van der Waals surface area contributed by atoms with Gasteiger partial charge in [-0.25, -0.2) is 4.39 Å². The number of piperidine rings is 1. The summed E-state index contributed by atoms with van der Waals surface area (Å²) in [5, 5.41) is 0. The number of carbonyl (C=O) groups excluding carboxylic acids is 2. The van der Waals surface area contributed by atoms with E-state index in [4.69, 9.17) is 4.74 Å². The maximum atomic E-state index is 13.2. The molecule has 2 amide bonds. The van der Waals surface area contributed by atoms with Crippen LogP contribution in [0.3, 0.4) is 0 Å². The number of hydrogen-bond acceptors (Lipinski definition) is 3. The fourth-order valence-corrected chi connectivity index (χ4v) is 4.04. The van der Waals surface area contributed by atoms with E-state index in [1.807, 2.05) is 0 Å². The van der Waals surface area contributed by atoms with Crippen LogP contribution in [-0.2, 0) is 14.3 Å². The number of amides is 2. The Balaban J connectivity index is 1.44. The van der Waals surface area contributed by atoms with Crippen molar-refractivity contribution in [3.8, 4) is 0 Å². The molecule has 0 aromatic heterocycles. The average Bonchev–Trinajstić information content (AvgIpc) is 3.47. The highest BCUT2D eigenvalue weighted by molar-refractivity contribution is 5.95. The predicted octanol–water partition coefficient (Wildman–Crippen LogP) is 2.89. The van der Waals surface area contributed by atoms with Crippen LogP contribution in [0.2, 0.25) is 0 Å². The number of likely N-dealkylation sites (tertiary alicyclic amines) is 1. The summed E-state index contributed by atoms with van der Waals surface area (Å²) in [4.78, 5) is 27.5. The van der Waals surface area contributed by atoms with Gasteiger partial charge in [0.1, 0.15) is 17.8 Å². The molecule has 2 aliphatic heterocycles. The largest absolute Gasteiger partial charge is 0.403 e. The molecule has 1 aliphatic carbocycles. The highest BCUT2D eigenvalue weighted by atomic mass is 19.4. The smallest absolute Gasteiger partial charge is 0.363 e. The third-order valence-electron chi connectivity index (χ3n) is 6.05.